The van der Waals surface area contributed by atoms with Crippen LogP contribution in [0.15, 0.2) is 0 Å². The first-order valence-corrected chi connectivity index (χ1v) is 9.20. The molecule has 20 heavy (non-hydrogen) atoms. The molecule has 114 valence electrons. The van der Waals surface area contributed by atoms with Gasteiger partial charge in [0, 0.05) is 24.2 Å². The summed E-state index contributed by atoms with van der Waals surface area (Å²) in [4.78, 5) is 2.96. The molecule has 1 saturated heterocycles. The Morgan fingerprint density at radius 3 is 2.45 bits per heavy atom. The molecule has 0 radical (unpaired) electrons. The van der Waals surface area contributed by atoms with Gasteiger partial charge in [0.25, 0.3) is 0 Å². The average Bonchev–Trinajstić information content (AvgIpc) is 3.34. The molecule has 4 rings (SSSR count). The molecule has 1 N–H and O–H groups in total. The zero-order chi connectivity index (χ0) is 13.6. The molecule has 0 aromatic rings. The first kappa shape index (κ1) is 13.6. The van der Waals surface area contributed by atoms with Gasteiger partial charge in [-0.05, 0) is 57.4 Å². The summed E-state index contributed by atoms with van der Waals surface area (Å²) >= 11 is 0. The molecule has 2 heteroatoms. The van der Waals surface area contributed by atoms with Crippen molar-refractivity contribution in [1.29, 1.82) is 0 Å². The van der Waals surface area contributed by atoms with Crippen LogP contribution in [-0.4, -0.2) is 35.6 Å². The molecule has 3 aliphatic carbocycles. The van der Waals surface area contributed by atoms with Gasteiger partial charge in [0.15, 0.2) is 0 Å². The van der Waals surface area contributed by atoms with Crippen molar-refractivity contribution in [3.63, 3.8) is 0 Å². The third kappa shape index (κ3) is 2.54. The Hall–Kier alpha value is -0.0800. The van der Waals surface area contributed by atoms with Gasteiger partial charge in [0.1, 0.15) is 0 Å². The lowest BCUT2D eigenvalue weighted by molar-refractivity contribution is -0.0219. The maximum Gasteiger partial charge on any atom is 0.0334 e. The molecule has 0 aromatic carbocycles. The van der Waals surface area contributed by atoms with Crippen LogP contribution >= 0.6 is 0 Å². The van der Waals surface area contributed by atoms with E-state index in [-0.39, 0.29) is 0 Å². The van der Waals surface area contributed by atoms with E-state index in [1.807, 2.05) is 0 Å². The van der Waals surface area contributed by atoms with Gasteiger partial charge in [-0.1, -0.05) is 32.1 Å². The molecule has 0 bridgehead atoms. The maximum absolute atomic E-state index is 4.01. The minimum Gasteiger partial charge on any atom is -0.308 e. The van der Waals surface area contributed by atoms with Gasteiger partial charge in [-0.15, -0.1) is 0 Å². The summed E-state index contributed by atoms with van der Waals surface area (Å²) < 4.78 is 0. The number of rotatable bonds is 4. The summed E-state index contributed by atoms with van der Waals surface area (Å²) in [6.45, 7) is 6.48. The second-order valence-corrected chi connectivity index (χ2v) is 8.48. The van der Waals surface area contributed by atoms with Crippen molar-refractivity contribution in [3.8, 4) is 0 Å². The smallest absolute Gasteiger partial charge is 0.0334 e. The first-order valence-electron chi connectivity index (χ1n) is 9.20. The highest BCUT2D eigenvalue weighted by Gasteiger charge is 2.51. The Morgan fingerprint density at radius 1 is 1.05 bits per heavy atom. The normalized spacial score (nSPS) is 38.2. The van der Waals surface area contributed by atoms with Crippen LogP contribution in [0.2, 0.25) is 0 Å². The molecule has 2 nitrogen and oxygen atoms in total. The van der Waals surface area contributed by atoms with Crippen LogP contribution in [0.4, 0.5) is 0 Å². The molecule has 1 atom stereocenters. The fraction of sp³-hybridized carbons (Fsp3) is 1.00. The minimum atomic E-state index is 0.423. The van der Waals surface area contributed by atoms with Crippen molar-refractivity contribution >= 4 is 0 Å². The predicted molar refractivity (Wildman–Crippen MR) is 83.9 cm³/mol. The second-order valence-electron chi connectivity index (χ2n) is 8.48. The van der Waals surface area contributed by atoms with Gasteiger partial charge in [-0.25, -0.2) is 0 Å². The Bertz CT molecular complexity index is 352. The van der Waals surface area contributed by atoms with E-state index in [4.69, 9.17) is 0 Å². The van der Waals surface area contributed by atoms with Gasteiger partial charge in [-0.2, -0.15) is 0 Å². The van der Waals surface area contributed by atoms with Gasteiger partial charge in [0.2, 0.25) is 0 Å². The van der Waals surface area contributed by atoms with Crippen LogP contribution in [-0.2, 0) is 0 Å². The van der Waals surface area contributed by atoms with Gasteiger partial charge in [-0.3, -0.25) is 4.90 Å². The zero-order valence-corrected chi connectivity index (χ0v) is 13.3. The van der Waals surface area contributed by atoms with Crippen LogP contribution in [0, 0.1) is 11.8 Å². The Kier molecular flexibility index (Phi) is 3.38. The molecule has 0 aromatic heterocycles. The molecular weight excluding hydrogens is 244 g/mol. The number of nitrogens with one attached hydrogen (secondary N) is 1. The highest BCUT2D eigenvalue weighted by molar-refractivity contribution is 5.09. The van der Waals surface area contributed by atoms with Gasteiger partial charge >= 0.3 is 0 Å². The second kappa shape index (κ2) is 4.98. The summed E-state index contributed by atoms with van der Waals surface area (Å²) in [6.07, 6.45) is 14.7. The highest BCUT2D eigenvalue weighted by atomic mass is 15.3. The summed E-state index contributed by atoms with van der Waals surface area (Å²) in [6, 6.07) is 0. The lowest BCUT2D eigenvalue weighted by atomic mass is 9.75. The number of hydrogen-bond acceptors (Lipinski definition) is 2. The van der Waals surface area contributed by atoms with Crippen LogP contribution < -0.4 is 5.32 Å². The summed E-state index contributed by atoms with van der Waals surface area (Å²) in [7, 11) is 0. The molecule has 3 saturated carbocycles. The quantitative estimate of drug-likeness (QED) is 0.844. The van der Waals surface area contributed by atoms with Crippen molar-refractivity contribution in [3.05, 3.63) is 0 Å². The number of piperazine rings is 1. The van der Waals surface area contributed by atoms with Crippen molar-refractivity contribution in [2.75, 3.05) is 19.6 Å². The fourth-order valence-corrected chi connectivity index (χ4v) is 4.86. The molecule has 4 fully saturated rings. The molecular formula is C18H32N2. The van der Waals surface area contributed by atoms with E-state index in [9.17, 15) is 0 Å². The standard InChI is InChI=1S/C18H32N2/c1-17(16-7-8-16)14-20(12-9-15-5-6-15)18(13-19-17)10-3-2-4-11-18/h15-16,19H,2-14H2,1H3. The van der Waals surface area contributed by atoms with Gasteiger partial charge < -0.3 is 5.32 Å². The first-order chi connectivity index (χ1) is 9.70. The molecule has 1 unspecified atom stereocenters. The number of hydrogen-bond donors (Lipinski definition) is 1. The topological polar surface area (TPSA) is 15.3 Å². The van der Waals surface area contributed by atoms with Crippen LogP contribution in [0.5, 0.6) is 0 Å². The van der Waals surface area contributed by atoms with Gasteiger partial charge in [0.05, 0.1) is 0 Å². The summed E-state index contributed by atoms with van der Waals surface area (Å²) in [5, 5.41) is 4.01. The molecule has 1 spiro atoms. The van der Waals surface area contributed by atoms with Crippen LogP contribution in [0.25, 0.3) is 0 Å². The molecule has 4 aliphatic rings. The highest BCUT2D eigenvalue weighted by Crippen LogP contribution is 2.45. The van der Waals surface area contributed by atoms with E-state index in [0.717, 1.165) is 11.8 Å². The van der Waals surface area contributed by atoms with E-state index in [1.165, 1.54) is 83.8 Å². The van der Waals surface area contributed by atoms with Crippen molar-refractivity contribution in [2.45, 2.75) is 82.2 Å². The summed E-state index contributed by atoms with van der Waals surface area (Å²) in [5.74, 6) is 2.05. The Labute approximate surface area is 124 Å². The zero-order valence-electron chi connectivity index (χ0n) is 13.3. The largest absolute Gasteiger partial charge is 0.308 e. The fourth-order valence-electron chi connectivity index (χ4n) is 4.86. The third-order valence-electron chi connectivity index (χ3n) is 6.78. The SMILES string of the molecule is CC1(C2CC2)CN(CCC2CC2)C2(CCCCC2)CN1. The molecule has 1 aliphatic heterocycles. The Balaban J connectivity index is 1.48. The van der Waals surface area contributed by atoms with E-state index >= 15 is 0 Å². The van der Waals surface area contributed by atoms with Crippen molar-refractivity contribution in [1.82, 2.24) is 10.2 Å². The van der Waals surface area contributed by atoms with E-state index in [1.54, 1.807) is 0 Å². The third-order valence-corrected chi connectivity index (χ3v) is 6.78. The monoisotopic (exact) mass is 276 g/mol. The van der Waals surface area contributed by atoms with E-state index in [2.05, 4.69) is 17.1 Å². The van der Waals surface area contributed by atoms with Crippen LogP contribution in [0.3, 0.4) is 0 Å². The lowest BCUT2D eigenvalue weighted by Crippen LogP contribution is -2.70. The number of nitrogens with zero attached hydrogens (tertiary/aromatic N) is 1. The predicted octanol–water partition coefficient (Wildman–Crippen LogP) is 3.56. The van der Waals surface area contributed by atoms with Crippen molar-refractivity contribution < 1.29 is 0 Å². The van der Waals surface area contributed by atoms with E-state index in [0.29, 0.717) is 11.1 Å². The van der Waals surface area contributed by atoms with Crippen LogP contribution in [0.1, 0.15) is 71.1 Å². The van der Waals surface area contributed by atoms with E-state index < -0.39 is 0 Å². The van der Waals surface area contributed by atoms with Crippen molar-refractivity contribution in [2.24, 2.45) is 11.8 Å². The Morgan fingerprint density at radius 2 is 1.80 bits per heavy atom. The average molecular weight is 276 g/mol. The maximum atomic E-state index is 4.01. The summed E-state index contributed by atoms with van der Waals surface area (Å²) in [5.41, 5.74) is 0.952. The lowest BCUT2D eigenvalue weighted by Gasteiger charge is -2.56. The minimum absolute atomic E-state index is 0.423. The molecule has 0 amide bonds. The molecule has 1 heterocycles.